The summed E-state index contributed by atoms with van der Waals surface area (Å²) in [4.78, 5) is 2.57. The highest BCUT2D eigenvalue weighted by molar-refractivity contribution is 4.91. The van der Waals surface area contributed by atoms with E-state index in [1.165, 1.54) is 32.5 Å². The van der Waals surface area contributed by atoms with Crippen molar-refractivity contribution >= 4 is 0 Å². The van der Waals surface area contributed by atoms with Crippen LogP contribution in [0, 0.1) is 22.7 Å². The second-order valence-electron chi connectivity index (χ2n) is 6.42. The number of rotatable bonds is 8. The van der Waals surface area contributed by atoms with Crippen molar-refractivity contribution in [3.63, 3.8) is 0 Å². The molecule has 1 rings (SSSR count). The van der Waals surface area contributed by atoms with Gasteiger partial charge in [-0.2, -0.15) is 5.26 Å². The molecule has 0 aromatic rings. The summed E-state index contributed by atoms with van der Waals surface area (Å²) in [5, 5.41) is 12.4. The van der Waals surface area contributed by atoms with E-state index in [1.807, 2.05) is 13.8 Å². The minimum absolute atomic E-state index is 0.164. The minimum Gasteiger partial charge on any atom is -0.316 e. The molecule has 104 valence electrons. The lowest BCUT2D eigenvalue weighted by atomic mass is 9.90. The molecule has 0 aromatic carbocycles. The van der Waals surface area contributed by atoms with Gasteiger partial charge < -0.3 is 10.2 Å². The summed E-state index contributed by atoms with van der Waals surface area (Å²) in [7, 11) is 0. The Morgan fingerprint density at radius 1 is 1.33 bits per heavy atom. The van der Waals surface area contributed by atoms with E-state index in [0.29, 0.717) is 0 Å². The fourth-order valence-corrected chi connectivity index (χ4v) is 2.53. The first-order chi connectivity index (χ1) is 8.53. The third-order valence-corrected chi connectivity index (χ3v) is 3.72. The fraction of sp³-hybridized carbons (Fsp3) is 0.933. The van der Waals surface area contributed by atoms with Crippen LogP contribution >= 0.6 is 0 Å². The molecule has 0 saturated carbocycles. The minimum atomic E-state index is -0.164. The number of nitriles is 1. The van der Waals surface area contributed by atoms with Gasteiger partial charge in [-0.15, -0.1) is 0 Å². The van der Waals surface area contributed by atoms with Crippen LogP contribution < -0.4 is 5.32 Å². The van der Waals surface area contributed by atoms with Gasteiger partial charge in [-0.1, -0.05) is 6.92 Å². The first-order valence-electron chi connectivity index (χ1n) is 7.38. The predicted octanol–water partition coefficient (Wildman–Crippen LogP) is 2.64. The Balaban J connectivity index is 1.98. The van der Waals surface area contributed by atoms with E-state index in [-0.39, 0.29) is 5.41 Å². The van der Waals surface area contributed by atoms with Crippen molar-refractivity contribution in [2.45, 2.75) is 46.5 Å². The third-order valence-electron chi connectivity index (χ3n) is 3.72. The van der Waals surface area contributed by atoms with Crippen molar-refractivity contribution in [2.24, 2.45) is 11.3 Å². The Morgan fingerprint density at radius 2 is 2.00 bits per heavy atom. The Bertz CT molecular complexity index is 261. The van der Waals surface area contributed by atoms with Gasteiger partial charge >= 0.3 is 0 Å². The highest BCUT2D eigenvalue weighted by Crippen LogP contribution is 2.19. The topological polar surface area (TPSA) is 39.1 Å². The number of hydrogen-bond acceptors (Lipinski definition) is 3. The predicted molar refractivity (Wildman–Crippen MR) is 76.3 cm³/mol. The first-order valence-corrected chi connectivity index (χ1v) is 7.38. The van der Waals surface area contributed by atoms with Crippen molar-refractivity contribution in [3.05, 3.63) is 0 Å². The van der Waals surface area contributed by atoms with Gasteiger partial charge in [-0.05, 0) is 71.6 Å². The van der Waals surface area contributed by atoms with Crippen LogP contribution in [0.25, 0.3) is 0 Å². The Morgan fingerprint density at radius 3 is 2.61 bits per heavy atom. The van der Waals surface area contributed by atoms with E-state index in [9.17, 15) is 0 Å². The maximum Gasteiger partial charge on any atom is 0.0683 e. The summed E-state index contributed by atoms with van der Waals surface area (Å²) in [5.41, 5.74) is -0.164. The lowest BCUT2D eigenvalue weighted by Gasteiger charge is -2.21. The monoisotopic (exact) mass is 251 g/mol. The van der Waals surface area contributed by atoms with E-state index in [4.69, 9.17) is 5.26 Å². The Labute approximate surface area is 113 Å². The highest BCUT2D eigenvalue weighted by atomic mass is 15.1. The lowest BCUT2D eigenvalue weighted by Crippen LogP contribution is -2.32. The normalized spacial score (nSPS) is 18.8. The summed E-state index contributed by atoms with van der Waals surface area (Å²) in [6.45, 7) is 12.3. The molecule has 3 heteroatoms. The summed E-state index contributed by atoms with van der Waals surface area (Å²) in [6.07, 6.45) is 4.83. The number of nitrogens with one attached hydrogen (secondary N) is 1. The Hall–Kier alpha value is -0.590. The van der Waals surface area contributed by atoms with Gasteiger partial charge in [0.2, 0.25) is 0 Å². The van der Waals surface area contributed by atoms with E-state index in [2.05, 4.69) is 23.2 Å². The zero-order valence-electron chi connectivity index (χ0n) is 12.3. The smallest absolute Gasteiger partial charge is 0.0683 e. The number of hydrogen-bond donors (Lipinski definition) is 1. The molecule has 1 aliphatic heterocycles. The molecule has 0 radical (unpaired) electrons. The van der Waals surface area contributed by atoms with Gasteiger partial charge in [0, 0.05) is 6.54 Å². The SMILES string of the molecule is CC(CNCCCC(C)(C)C#N)CN1CCCC1. The van der Waals surface area contributed by atoms with Crippen LogP contribution in [0.2, 0.25) is 0 Å². The second kappa shape index (κ2) is 7.76. The first kappa shape index (κ1) is 15.5. The molecule has 0 aromatic heterocycles. The summed E-state index contributed by atoms with van der Waals surface area (Å²) in [5.74, 6) is 0.729. The van der Waals surface area contributed by atoms with Gasteiger partial charge in [-0.25, -0.2) is 0 Å². The molecule has 1 saturated heterocycles. The van der Waals surface area contributed by atoms with Crippen molar-refractivity contribution in [1.82, 2.24) is 10.2 Å². The van der Waals surface area contributed by atoms with Crippen molar-refractivity contribution in [3.8, 4) is 6.07 Å². The van der Waals surface area contributed by atoms with Crippen LogP contribution in [-0.4, -0.2) is 37.6 Å². The van der Waals surface area contributed by atoms with Crippen molar-refractivity contribution in [1.29, 1.82) is 5.26 Å². The molecule has 3 nitrogen and oxygen atoms in total. The molecule has 1 aliphatic rings. The lowest BCUT2D eigenvalue weighted by molar-refractivity contribution is 0.282. The van der Waals surface area contributed by atoms with Gasteiger partial charge in [-0.3, -0.25) is 0 Å². The maximum atomic E-state index is 8.92. The number of likely N-dealkylation sites (tertiary alicyclic amines) is 1. The molecule has 0 spiro atoms. The molecular weight excluding hydrogens is 222 g/mol. The summed E-state index contributed by atoms with van der Waals surface area (Å²) in [6, 6.07) is 2.35. The van der Waals surface area contributed by atoms with Gasteiger partial charge in [0.1, 0.15) is 0 Å². The highest BCUT2D eigenvalue weighted by Gasteiger charge is 2.16. The van der Waals surface area contributed by atoms with Crippen LogP contribution in [0.15, 0.2) is 0 Å². The van der Waals surface area contributed by atoms with Crippen LogP contribution in [0.3, 0.4) is 0 Å². The van der Waals surface area contributed by atoms with E-state index < -0.39 is 0 Å². The van der Waals surface area contributed by atoms with Crippen LogP contribution in [-0.2, 0) is 0 Å². The summed E-state index contributed by atoms with van der Waals surface area (Å²) >= 11 is 0. The zero-order valence-corrected chi connectivity index (χ0v) is 12.3. The molecule has 0 bridgehead atoms. The molecule has 1 fully saturated rings. The van der Waals surface area contributed by atoms with Gasteiger partial charge in [0.15, 0.2) is 0 Å². The molecule has 0 aliphatic carbocycles. The molecular formula is C15H29N3. The number of nitrogens with zero attached hydrogens (tertiary/aromatic N) is 2. The molecule has 18 heavy (non-hydrogen) atoms. The van der Waals surface area contributed by atoms with Crippen LogP contribution in [0.4, 0.5) is 0 Å². The van der Waals surface area contributed by atoms with Crippen LogP contribution in [0.5, 0.6) is 0 Å². The molecule has 0 amide bonds. The molecule has 1 N–H and O–H groups in total. The fourth-order valence-electron chi connectivity index (χ4n) is 2.53. The third kappa shape index (κ3) is 6.37. The second-order valence-corrected chi connectivity index (χ2v) is 6.42. The van der Waals surface area contributed by atoms with E-state index in [0.717, 1.165) is 31.8 Å². The van der Waals surface area contributed by atoms with Crippen LogP contribution in [0.1, 0.15) is 46.5 Å². The largest absolute Gasteiger partial charge is 0.316 e. The average Bonchev–Trinajstić information content (AvgIpc) is 2.81. The van der Waals surface area contributed by atoms with Gasteiger partial charge in [0.05, 0.1) is 11.5 Å². The maximum absolute atomic E-state index is 8.92. The van der Waals surface area contributed by atoms with Crippen molar-refractivity contribution < 1.29 is 0 Å². The summed E-state index contributed by atoms with van der Waals surface area (Å²) < 4.78 is 0. The zero-order chi connectivity index (χ0) is 13.4. The standard InChI is InChI=1S/C15H29N3/c1-14(12-18-9-4-5-10-18)11-17-8-6-7-15(2,3)13-16/h14,17H,4-12H2,1-3H3. The molecule has 1 atom stereocenters. The molecule has 1 unspecified atom stereocenters. The Kier molecular flexibility index (Phi) is 6.67. The quantitative estimate of drug-likeness (QED) is 0.674. The van der Waals surface area contributed by atoms with E-state index in [1.54, 1.807) is 0 Å². The molecule has 1 heterocycles. The average molecular weight is 251 g/mol. The van der Waals surface area contributed by atoms with E-state index >= 15 is 0 Å². The van der Waals surface area contributed by atoms with Gasteiger partial charge in [0.25, 0.3) is 0 Å². The van der Waals surface area contributed by atoms with Crippen molar-refractivity contribution in [2.75, 3.05) is 32.7 Å².